The van der Waals surface area contributed by atoms with Gasteiger partial charge in [0, 0.05) is 24.7 Å². The zero-order chi connectivity index (χ0) is 19.1. The number of aliphatic imine (C=N–C) groups is 2. The van der Waals surface area contributed by atoms with Crippen LogP contribution in [0.15, 0.2) is 50.8 Å². The van der Waals surface area contributed by atoms with Gasteiger partial charge < -0.3 is 9.52 Å². The lowest BCUT2D eigenvalue weighted by Crippen LogP contribution is -2.03. The normalized spacial score (nSPS) is 12.1. The number of hydrogen-bond donors (Lipinski definition) is 1. The van der Waals surface area contributed by atoms with Crippen molar-refractivity contribution in [3.05, 3.63) is 47.1 Å². The lowest BCUT2D eigenvalue weighted by atomic mass is 10.1. The molecule has 2 rings (SSSR count). The number of carbonyl (C=O) groups is 1. The first-order valence-corrected chi connectivity index (χ1v) is 8.52. The summed E-state index contributed by atoms with van der Waals surface area (Å²) in [6, 6.07) is 10.2. The van der Waals surface area contributed by atoms with E-state index >= 15 is 0 Å². The van der Waals surface area contributed by atoms with Crippen LogP contribution in [0.2, 0.25) is 0 Å². The number of thioether (sulfide) groups is 1. The number of amidine groups is 1. The highest BCUT2D eigenvalue weighted by Crippen LogP contribution is 2.25. The number of furan rings is 1. The van der Waals surface area contributed by atoms with Gasteiger partial charge in [0.25, 0.3) is 4.92 Å². The number of hydrogen-bond acceptors (Lipinski definition) is 6. The van der Waals surface area contributed by atoms with Crippen LogP contribution in [-0.4, -0.2) is 46.8 Å². The van der Waals surface area contributed by atoms with Crippen LogP contribution in [0.4, 0.5) is 5.69 Å². The second-order valence-electron chi connectivity index (χ2n) is 5.01. The Hall–Kier alpha value is -2.94. The molecule has 1 heterocycles. The summed E-state index contributed by atoms with van der Waals surface area (Å²) in [4.78, 5) is 35.4. The zero-order valence-electron chi connectivity index (χ0n) is 14.5. The van der Waals surface area contributed by atoms with Crippen molar-refractivity contribution < 1.29 is 24.1 Å². The Morgan fingerprint density at radius 3 is 2.54 bits per heavy atom. The van der Waals surface area contributed by atoms with Gasteiger partial charge in [-0.15, -0.1) is 0 Å². The van der Waals surface area contributed by atoms with Crippen molar-refractivity contribution in [2.75, 3.05) is 19.9 Å². The first-order chi connectivity index (χ1) is 12.4. The molecule has 136 valence electrons. The van der Waals surface area contributed by atoms with E-state index in [1.54, 1.807) is 50.4 Å². The third-order valence-electron chi connectivity index (χ3n) is 3.23. The number of carboxylic acid groups (broad SMARTS) is 1. The van der Waals surface area contributed by atoms with E-state index in [1.165, 1.54) is 7.11 Å². The minimum atomic E-state index is -0.909. The maximum Gasteiger partial charge on any atom is 0.316 e. The van der Waals surface area contributed by atoms with Gasteiger partial charge in [-0.2, -0.15) is 0 Å². The second kappa shape index (κ2) is 8.95. The van der Waals surface area contributed by atoms with E-state index in [0.29, 0.717) is 33.0 Å². The molecule has 9 heteroatoms. The van der Waals surface area contributed by atoms with Crippen molar-refractivity contribution in [1.82, 2.24) is 0 Å². The molecule has 2 aromatic rings. The molecule has 1 aromatic heterocycles. The Balaban J connectivity index is 2.18. The van der Waals surface area contributed by atoms with Gasteiger partial charge in [-0.25, -0.2) is 9.83 Å². The number of aliphatic carboxylic acids is 1. The molecular formula is C17H18N3O5S+. The number of carboxylic acids is 1. The lowest BCUT2D eigenvalue weighted by Gasteiger charge is -2.00. The Morgan fingerprint density at radius 1 is 1.27 bits per heavy atom. The third kappa shape index (κ3) is 5.03. The monoisotopic (exact) mass is 376 g/mol. The zero-order valence-corrected chi connectivity index (χ0v) is 15.3. The van der Waals surface area contributed by atoms with Gasteiger partial charge >= 0.3 is 11.7 Å². The fourth-order valence-electron chi connectivity index (χ4n) is 2.03. The van der Waals surface area contributed by atoms with Gasteiger partial charge in [-0.1, -0.05) is 11.8 Å². The first kappa shape index (κ1) is 19.4. The van der Waals surface area contributed by atoms with Crippen molar-refractivity contribution in [2.45, 2.75) is 6.92 Å². The van der Waals surface area contributed by atoms with Crippen LogP contribution in [0.1, 0.15) is 12.7 Å². The summed E-state index contributed by atoms with van der Waals surface area (Å²) in [5, 5.41) is 9.29. The van der Waals surface area contributed by atoms with E-state index in [0.717, 1.165) is 17.3 Å². The second-order valence-corrected chi connectivity index (χ2v) is 6.18. The van der Waals surface area contributed by atoms with Crippen LogP contribution in [0.3, 0.4) is 0 Å². The van der Waals surface area contributed by atoms with Gasteiger partial charge in [0.1, 0.15) is 5.76 Å². The van der Waals surface area contributed by atoms with E-state index in [-0.39, 0.29) is 5.75 Å². The van der Waals surface area contributed by atoms with Crippen molar-refractivity contribution in [2.24, 2.45) is 9.98 Å². The van der Waals surface area contributed by atoms with Crippen LogP contribution in [0.5, 0.6) is 0 Å². The molecule has 1 aromatic carbocycles. The molecule has 0 fully saturated rings. The molecule has 26 heavy (non-hydrogen) atoms. The Kier molecular flexibility index (Phi) is 6.67. The average Bonchev–Trinajstić information content (AvgIpc) is 3.13. The average molecular weight is 376 g/mol. The molecule has 1 N–H and O–H groups in total. The molecule has 8 nitrogen and oxygen atoms in total. The molecule has 0 saturated heterocycles. The number of nitrogens with zero attached hydrogens (tertiary/aromatic N) is 3. The van der Waals surface area contributed by atoms with Crippen molar-refractivity contribution >= 4 is 34.3 Å². The molecule has 0 aliphatic rings. The molecule has 0 atom stereocenters. The van der Waals surface area contributed by atoms with E-state index in [1.807, 2.05) is 0 Å². The van der Waals surface area contributed by atoms with Gasteiger partial charge in [0.2, 0.25) is 0 Å². The summed E-state index contributed by atoms with van der Waals surface area (Å²) in [5.74, 6) is 0.444. The van der Waals surface area contributed by atoms with E-state index < -0.39 is 5.97 Å². The van der Waals surface area contributed by atoms with Gasteiger partial charge in [0.15, 0.2) is 18.7 Å². The molecule has 0 radical (unpaired) electrons. The predicted molar refractivity (Wildman–Crippen MR) is 100 cm³/mol. The van der Waals surface area contributed by atoms with Crippen LogP contribution in [0, 0.1) is 4.91 Å². The minimum absolute atomic E-state index is 0.0692. The molecule has 0 amide bonds. The fraction of sp³-hybridized carbons (Fsp3) is 0.235. The lowest BCUT2D eigenvalue weighted by molar-refractivity contribution is -0.736. The molecule has 0 unspecified atom stereocenters. The first-order valence-electron chi connectivity index (χ1n) is 7.53. The quantitative estimate of drug-likeness (QED) is 0.470. The third-order valence-corrected chi connectivity index (χ3v) is 4.13. The van der Waals surface area contributed by atoms with Crippen LogP contribution in [0.25, 0.3) is 11.3 Å². The summed E-state index contributed by atoms with van der Waals surface area (Å²) < 4.78 is 5.79. The Bertz CT molecular complexity index is 856. The molecule has 0 spiro atoms. The highest BCUT2D eigenvalue weighted by atomic mass is 32.2. The Labute approximate surface area is 154 Å². The maximum absolute atomic E-state index is 11.4. The number of rotatable bonds is 6. The highest BCUT2D eigenvalue weighted by Gasteiger charge is 2.15. The van der Waals surface area contributed by atoms with E-state index in [4.69, 9.17) is 9.52 Å². The van der Waals surface area contributed by atoms with Gasteiger partial charge in [-0.05, 0) is 31.2 Å². The van der Waals surface area contributed by atoms with Crippen molar-refractivity contribution in [3.63, 3.8) is 0 Å². The SMILES string of the molecule is CN=C(N=C(C)SCC(=O)O)c1ccc(-c2ccc([N+](=O)OC)cc2)o1. The summed E-state index contributed by atoms with van der Waals surface area (Å²) >= 11 is 1.11. The molecule has 0 bridgehead atoms. The highest BCUT2D eigenvalue weighted by molar-refractivity contribution is 8.14. The largest absolute Gasteiger partial charge is 0.481 e. The summed E-state index contributed by atoms with van der Waals surface area (Å²) in [6.45, 7) is 1.71. The smallest absolute Gasteiger partial charge is 0.316 e. The number of benzene rings is 1. The molecule has 0 aliphatic carbocycles. The van der Waals surface area contributed by atoms with Crippen molar-refractivity contribution in [1.29, 1.82) is 0 Å². The summed E-state index contributed by atoms with van der Waals surface area (Å²) in [7, 11) is 2.88. The van der Waals surface area contributed by atoms with Gasteiger partial charge in [-0.3, -0.25) is 9.79 Å². The maximum atomic E-state index is 11.4. The predicted octanol–water partition coefficient (Wildman–Crippen LogP) is 3.53. The molecule has 0 aliphatic heterocycles. The summed E-state index contributed by atoms with van der Waals surface area (Å²) in [6.07, 6.45) is 0. The standard InChI is InChI=1S/C17H17N3O5S/c1-11(26-10-16(21)22)19-17(18-2)15-9-8-14(25-15)12-4-6-13(7-5-12)20(23)24-3/h4-9H,10H2,1-3H3/p+1. The topological polar surface area (TPSA) is 104 Å². The van der Waals surface area contributed by atoms with E-state index in [9.17, 15) is 9.70 Å². The van der Waals surface area contributed by atoms with Crippen LogP contribution < -0.4 is 0 Å². The summed E-state index contributed by atoms with van der Waals surface area (Å²) in [5.41, 5.74) is 1.15. The van der Waals surface area contributed by atoms with Crippen LogP contribution in [-0.2, 0) is 9.63 Å². The fourth-order valence-corrected chi connectivity index (χ4v) is 2.51. The molecular weight excluding hydrogens is 358 g/mol. The van der Waals surface area contributed by atoms with Crippen LogP contribution >= 0.6 is 11.8 Å². The van der Waals surface area contributed by atoms with E-state index in [2.05, 4.69) is 14.8 Å². The molecule has 0 saturated carbocycles. The van der Waals surface area contributed by atoms with Gasteiger partial charge in [0.05, 0.1) is 15.7 Å². The minimum Gasteiger partial charge on any atom is -0.481 e. The van der Waals surface area contributed by atoms with Crippen molar-refractivity contribution in [3.8, 4) is 11.3 Å². The Morgan fingerprint density at radius 2 is 1.96 bits per heavy atom.